The van der Waals surface area contributed by atoms with Crippen LogP contribution in [-0.2, 0) is 0 Å². The third-order valence-electron chi connectivity index (χ3n) is 4.41. The third-order valence-corrected chi connectivity index (χ3v) is 4.83. The summed E-state index contributed by atoms with van der Waals surface area (Å²) in [5.74, 6) is 1.09. The lowest BCUT2D eigenvalue weighted by Gasteiger charge is -2.07. The molecule has 0 spiro atoms. The summed E-state index contributed by atoms with van der Waals surface area (Å²) in [5.41, 5.74) is 0.660. The Morgan fingerprint density at radius 3 is 2.24 bits per heavy atom. The molecule has 0 amide bonds. The molecule has 6 heteroatoms. The number of nitrogens with zero attached hydrogens (tertiary/aromatic N) is 3. The van der Waals surface area contributed by atoms with Gasteiger partial charge in [-0.2, -0.15) is 4.98 Å². The molecule has 0 aromatic carbocycles. The highest BCUT2D eigenvalue weighted by atomic mass is 35.5. The standard InChI is InChI=1S/C11H16Cl2N4/c1-10(2)6(11(10,3)4)5-14-8-7(12)16-17-9(13)15-8/h6H,5H2,1-4H3,(H,14,15,17). The number of halogens is 2. The SMILES string of the molecule is CC1(C)C(CNc2nc(Cl)nnc2Cl)C1(C)C. The van der Waals surface area contributed by atoms with Crippen LogP contribution in [-0.4, -0.2) is 21.7 Å². The molecule has 1 aromatic heterocycles. The first-order chi connectivity index (χ1) is 7.76. The number of anilines is 1. The van der Waals surface area contributed by atoms with Crippen LogP contribution in [0.25, 0.3) is 0 Å². The Morgan fingerprint density at radius 1 is 1.12 bits per heavy atom. The predicted octanol–water partition coefficient (Wildman–Crippen LogP) is 3.27. The van der Waals surface area contributed by atoms with Crippen LogP contribution in [0.5, 0.6) is 0 Å². The highest BCUT2D eigenvalue weighted by molar-refractivity contribution is 6.32. The second-order valence-corrected chi connectivity index (χ2v) is 6.29. The average Bonchev–Trinajstić information content (AvgIpc) is 2.60. The van der Waals surface area contributed by atoms with E-state index < -0.39 is 0 Å². The molecule has 94 valence electrons. The molecule has 0 saturated heterocycles. The van der Waals surface area contributed by atoms with E-state index in [9.17, 15) is 0 Å². The summed E-state index contributed by atoms with van der Waals surface area (Å²) >= 11 is 11.6. The lowest BCUT2D eigenvalue weighted by molar-refractivity contribution is 0.457. The van der Waals surface area contributed by atoms with Crippen molar-refractivity contribution < 1.29 is 0 Å². The van der Waals surface area contributed by atoms with Gasteiger partial charge in [-0.1, -0.05) is 39.3 Å². The second-order valence-electron chi connectivity index (χ2n) is 5.60. The van der Waals surface area contributed by atoms with Crippen LogP contribution in [0, 0.1) is 16.7 Å². The van der Waals surface area contributed by atoms with E-state index in [2.05, 4.69) is 48.2 Å². The zero-order valence-electron chi connectivity index (χ0n) is 10.4. The van der Waals surface area contributed by atoms with Gasteiger partial charge in [-0.05, 0) is 28.3 Å². The Balaban J connectivity index is 2.03. The summed E-state index contributed by atoms with van der Waals surface area (Å²) in [6.45, 7) is 9.89. The molecule has 0 atom stereocenters. The van der Waals surface area contributed by atoms with Gasteiger partial charge in [-0.25, -0.2) is 0 Å². The van der Waals surface area contributed by atoms with Crippen molar-refractivity contribution in [2.24, 2.45) is 16.7 Å². The Labute approximate surface area is 111 Å². The number of aromatic nitrogens is 3. The Kier molecular flexibility index (Phi) is 2.99. The van der Waals surface area contributed by atoms with E-state index in [0.29, 0.717) is 22.6 Å². The van der Waals surface area contributed by atoms with Crippen molar-refractivity contribution in [3.8, 4) is 0 Å². The zero-order valence-corrected chi connectivity index (χ0v) is 11.9. The maximum absolute atomic E-state index is 5.88. The molecule has 0 bridgehead atoms. The molecule has 1 heterocycles. The minimum atomic E-state index is 0.103. The van der Waals surface area contributed by atoms with E-state index in [0.717, 1.165) is 6.54 Å². The Hall–Kier alpha value is -0.610. The molecule has 1 aliphatic carbocycles. The van der Waals surface area contributed by atoms with Crippen LogP contribution in [0.4, 0.5) is 5.82 Å². The van der Waals surface area contributed by atoms with Gasteiger partial charge in [0.1, 0.15) is 0 Å². The summed E-state index contributed by atoms with van der Waals surface area (Å²) in [5, 5.41) is 10.8. The largest absolute Gasteiger partial charge is 0.367 e. The topological polar surface area (TPSA) is 50.7 Å². The van der Waals surface area contributed by atoms with Crippen LogP contribution in [0.1, 0.15) is 27.7 Å². The van der Waals surface area contributed by atoms with Crippen molar-refractivity contribution in [1.29, 1.82) is 0 Å². The fraction of sp³-hybridized carbons (Fsp3) is 0.727. The highest BCUT2D eigenvalue weighted by Gasteiger charge is 2.64. The van der Waals surface area contributed by atoms with Crippen LogP contribution in [0.15, 0.2) is 0 Å². The van der Waals surface area contributed by atoms with Crippen molar-refractivity contribution in [1.82, 2.24) is 15.2 Å². The molecule has 2 rings (SSSR count). The molecule has 1 saturated carbocycles. The van der Waals surface area contributed by atoms with E-state index in [-0.39, 0.29) is 10.4 Å². The Bertz CT molecular complexity index is 431. The van der Waals surface area contributed by atoms with Crippen LogP contribution < -0.4 is 5.32 Å². The van der Waals surface area contributed by atoms with Gasteiger partial charge in [0.25, 0.3) is 0 Å². The molecular weight excluding hydrogens is 259 g/mol. The van der Waals surface area contributed by atoms with Crippen molar-refractivity contribution in [3.05, 3.63) is 10.4 Å². The maximum Gasteiger partial charge on any atom is 0.245 e. The first-order valence-electron chi connectivity index (χ1n) is 5.56. The summed E-state index contributed by atoms with van der Waals surface area (Å²) in [4.78, 5) is 4.02. The lowest BCUT2D eigenvalue weighted by atomic mass is 10.0. The molecule has 0 unspecified atom stereocenters. The average molecular weight is 275 g/mol. The van der Waals surface area contributed by atoms with E-state index >= 15 is 0 Å². The van der Waals surface area contributed by atoms with E-state index in [1.54, 1.807) is 0 Å². The van der Waals surface area contributed by atoms with Gasteiger partial charge in [0.15, 0.2) is 11.0 Å². The molecule has 17 heavy (non-hydrogen) atoms. The van der Waals surface area contributed by atoms with Crippen LogP contribution >= 0.6 is 23.2 Å². The van der Waals surface area contributed by atoms with Crippen LogP contribution in [0.2, 0.25) is 10.4 Å². The van der Waals surface area contributed by atoms with Gasteiger partial charge in [-0.15, -0.1) is 10.2 Å². The first kappa shape index (κ1) is 12.8. The van der Waals surface area contributed by atoms with Crippen molar-refractivity contribution in [2.75, 3.05) is 11.9 Å². The predicted molar refractivity (Wildman–Crippen MR) is 69.4 cm³/mol. The van der Waals surface area contributed by atoms with Crippen molar-refractivity contribution in [2.45, 2.75) is 27.7 Å². The molecule has 0 aliphatic heterocycles. The summed E-state index contributed by atoms with van der Waals surface area (Å²) < 4.78 is 0. The van der Waals surface area contributed by atoms with Gasteiger partial charge in [0.05, 0.1) is 0 Å². The maximum atomic E-state index is 5.88. The molecule has 1 fully saturated rings. The highest BCUT2D eigenvalue weighted by Crippen LogP contribution is 2.68. The Morgan fingerprint density at radius 2 is 1.71 bits per heavy atom. The van der Waals surface area contributed by atoms with E-state index in [4.69, 9.17) is 23.2 Å². The molecule has 0 radical (unpaired) electrons. The van der Waals surface area contributed by atoms with E-state index in [1.165, 1.54) is 0 Å². The smallest absolute Gasteiger partial charge is 0.245 e. The summed E-state index contributed by atoms with van der Waals surface area (Å²) in [7, 11) is 0. The van der Waals surface area contributed by atoms with Gasteiger partial charge in [-0.3, -0.25) is 0 Å². The monoisotopic (exact) mass is 274 g/mol. The summed E-state index contributed by atoms with van der Waals surface area (Å²) in [6.07, 6.45) is 0. The number of rotatable bonds is 3. The number of nitrogens with one attached hydrogen (secondary N) is 1. The van der Waals surface area contributed by atoms with Gasteiger partial charge in [0, 0.05) is 6.54 Å². The third kappa shape index (κ3) is 2.08. The number of hydrogen-bond acceptors (Lipinski definition) is 4. The quantitative estimate of drug-likeness (QED) is 0.919. The van der Waals surface area contributed by atoms with Gasteiger partial charge in [0.2, 0.25) is 5.28 Å². The fourth-order valence-corrected chi connectivity index (χ4v) is 2.72. The summed E-state index contributed by atoms with van der Waals surface area (Å²) in [6, 6.07) is 0. The minimum Gasteiger partial charge on any atom is -0.367 e. The molecule has 4 nitrogen and oxygen atoms in total. The normalized spacial score (nSPS) is 21.3. The molecular formula is C11H16Cl2N4. The molecule has 1 N–H and O–H groups in total. The van der Waals surface area contributed by atoms with E-state index in [1.807, 2.05) is 0 Å². The first-order valence-corrected chi connectivity index (χ1v) is 6.32. The van der Waals surface area contributed by atoms with Gasteiger partial charge >= 0.3 is 0 Å². The second kappa shape index (κ2) is 3.95. The number of hydrogen-bond donors (Lipinski definition) is 1. The zero-order chi connectivity index (χ0) is 12.8. The minimum absolute atomic E-state index is 0.103. The molecule has 1 aromatic rings. The lowest BCUT2D eigenvalue weighted by Crippen LogP contribution is -2.10. The van der Waals surface area contributed by atoms with Crippen molar-refractivity contribution >= 4 is 29.0 Å². The van der Waals surface area contributed by atoms with Crippen LogP contribution in [0.3, 0.4) is 0 Å². The van der Waals surface area contributed by atoms with Gasteiger partial charge < -0.3 is 5.32 Å². The van der Waals surface area contributed by atoms with Crippen molar-refractivity contribution in [3.63, 3.8) is 0 Å². The fourth-order valence-electron chi connectivity index (χ4n) is 2.45. The molecule has 1 aliphatic rings.